The minimum Gasteiger partial charge on any atom is -0.370 e. The SMILES string of the molecule is O=C(CCc1ccsc1)Nc1ccc2nc([C@H]3CCCO3)[nH]c2c1. The number of benzene rings is 1. The molecule has 0 saturated carbocycles. The third kappa shape index (κ3) is 3.34. The summed E-state index contributed by atoms with van der Waals surface area (Å²) >= 11 is 1.66. The summed E-state index contributed by atoms with van der Waals surface area (Å²) in [6.07, 6.45) is 3.41. The topological polar surface area (TPSA) is 67.0 Å². The van der Waals surface area contributed by atoms with Crippen LogP contribution in [-0.4, -0.2) is 22.5 Å². The van der Waals surface area contributed by atoms with E-state index in [9.17, 15) is 4.79 Å². The van der Waals surface area contributed by atoms with Gasteiger partial charge in [0.25, 0.3) is 0 Å². The van der Waals surface area contributed by atoms with Gasteiger partial charge in [-0.2, -0.15) is 11.3 Å². The number of carbonyl (C=O) groups excluding carboxylic acids is 1. The predicted octanol–water partition coefficient (Wildman–Crippen LogP) is 4.05. The molecule has 1 aliphatic heterocycles. The Labute approximate surface area is 144 Å². The number of thiophene rings is 1. The van der Waals surface area contributed by atoms with E-state index in [2.05, 4.69) is 26.7 Å². The maximum Gasteiger partial charge on any atom is 0.224 e. The lowest BCUT2D eigenvalue weighted by molar-refractivity contribution is -0.116. The second-order valence-electron chi connectivity index (χ2n) is 6.04. The number of anilines is 1. The molecule has 0 radical (unpaired) electrons. The largest absolute Gasteiger partial charge is 0.370 e. The molecule has 1 saturated heterocycles. The highest BCUT2D eigenvalue weighted by molar-refractivity contribution is 7.07. The summed E-state index contributed by atoms with van der Waals surface area (Å²) in [4.78, 5) is 20.0. The maximum atomic E-state index is 12.1. The number of nitrogens with zero attached hydrogens (tertiary/aromatic N) is 1. The molecule has 24 heavy (non-hydrogen) atoms. The molecule has 2 aromatic heterocycles. The second-order valence-corrected chi connectivity index (χ2v) is 6.82. The van der Waals surface area contributed by atoms with Gasteiger partial charge in [0.1, 0.15) is 11.9 Å². The third-order valence-corrected chi connectivity index (χ3v) is 4.97. The van der Waals surface area contributed by atoms with E-state index in [0.717, 1.165) is 48.4 Å². The highest BCUT2D eigenvalue weighted by atomic mass is 32.1. The van der Waals surface area contributed by atoms with Gasteiger partial charge in [0.2, 0.25) is 5.91 Å². The Kier molecular flexibility index (Phi) is 4.32. The van der Waals surface area contributed by atoms with Crippen LogP contribution in [0.4, 0.5) is 5.69 Å². The van der Waals surface area contributed by atoms with Gasteiger partial charge >= 0.3 is 0 Å². The number of fused-ring (bicyclic) bond motifs is 1. The van der Waals surface area contributed by atoms with Gasteiger partial charge in [0, 0.05) is 18.7 Å². The Morgan fingerprint density at radius 3 is 3.17 bits per heavy atom. The van der Waals surface area contributed by atoms with E-state index < -0.39 is 0 Å². The van der Waals surface area contributed by atoms with Gasteiger partial charge in [-0.25, -0.2) is 4.98 Å². The summed E-state index contributed by atoms with van der Waals surface area (Å²) in [7, 11) is 0. The van der Waals surface area contributed by atoms with Crippen molar-refractivity contribution in [2.75, 3.05) is 11.9 Å². The predicted molar refractivity (Wildman–Crippen MR) is 95.3 cm³/mol. The number of amides is 1. The number of nitrogens with one attached hydrogen (secondary N) is 2. The zero-order valence-electron chi connectivity index (χ0n) is 13.2. The van der Waals surface area contributed by atoms with Crippen molar-refractivity contribution in [2.45, 2.75) is 31.8 Å². The van der Waals surface area contributed by atoms with Gasteiger partial charge in [-0.05, 0) is 59.9 Å². The Morgan fingerprint density at radius 2 is 2.38 bits per heavy atom. The summed E-state index contributed by atoms with van der Waals surface area (Å²) in [5, 5.41) is 7.07. The number of hydrogen-bond acceptors (Lipinski definition) is 4. The summed E-state index contributed by atoms with van der Waals surface area (Å²) < 4.78 is 5.67. The lowest BCUT2D eigenvalue weighted by Gasteiger charge is -2.04. The molecule has 1 aliphatic rings. The first kappa shape index (κ1) is 15.4. The van der Waals surface area contributed by atoms with E-state index in [-0.39, 0.29) is 12.0 Å². The molecule has 1 fully saturated rings. The third-order valence-electron chi connectivity index (χ3n) is 4.24. The number of rotatable bonds is 5. The summed E-state index contributed by atoms with van der Waals surface area (Å²) in [5.41, 5.74) is 3.83. The van der Waals surface area contributed by atoms with Crippen LogP contribution in [-0.2, 0) is 16.0 Å². The van der Waals surface area contributed by atoms with Crippen molar-refractivity contribution in [3.8, 4) is 0 Å². The Morgan fingerprint density at radius 1 is 1.42 bits per heavy atom. The quantitative estimate of drug-likeness (QED) is 0.736. The fraction of sp³-hybridized carbons (Fsp3) is 0.333. The molecule has 124 valence electrons. The van der Waals surface area contributed by atoms with Gasteiger partial charge in [-0.3, -0.25) is 4.79 Å². The van der Waals surface area contributed by atoms with E-state index in [0.29, 0.717) is 6.42 Å². The minimum absolute atomic E-state index is 0.0272. The second kappa shape index (κ2) is 6.75. The van der Waals surface area contributed by atoms with Crippen LogP contribution in [0.5, 0.6) is 0 Å². The number of imidazole rings is 1. The fourth-order valence-electron chi connectivity index (χ4n) is 2.97. The first-order valence-electron chi connectivity index (χ1n) is 8.20. The van der Waals surface area contributed by atoms with Gasteiger partial charge in [-0.15, -0.1) is 0 Å². The molecule has 0 bridgehead atoms. The number of ether oxygens (including phenoxy) is 1. The molecule has 0 spiro atoms. The molecule has 3 aromatic rings. The number of aromatic amines is 1. The molecule has 5 nitrogen and oxygen atoms in total. The normalized spacial score (nSPS) is 17.4. The molecule has 2 N–H and O–H groups in total. The maximum absolute atomic E-state index is 12.1. The molecule has 0 unspecified atom stereocenters. The summed E-state index contributed by atoms with van der Waals surface area (Å²) in [6, 6.07) is 7.81. The first-order chi connectivity index (χ1) is 11.8. The zero-order chi connectivity index (χ0) is 16.4. The number of aromatic nitrogens is 2. The molecule has 1 amide bonds. The van der Waals surface area contributed by atoms with Gasteiger partial charge < -0.3 is 15.0 Å². The van der Waals surface area contributed by atoms with E-state index in [4.69, 9.17) is 4.74 Å². The van der Waals surface area contributed by atoms with Crippen molar-refractivity contribution < 1.29 is 9.53 Å². The molecular formula is C18H19N3O2S. The number of carbonyl (C=O) groups is 1. The van der Waals surface area contributed by atoms with E-state index >= 15 is 0 Å². The molecule has 6 heteroatoms. The van der Waals surface area contributed by atoms with Gasteiger partial charge in [0.05, 0.1) is 11.0 Å². The number of hydrogen-bond donors (Lipinski definition) is 2. The minimum atomic E-state index is 0.0272. The molecule has 0 aliphatic carbocycles. The van der Waals surface area contributed by atoms with Crippen molar-refractivity contribution in [1.82, 2.24) is 9.97 Å². The van der Waals surface area contributed by atoms with Crippen molar-refractivity contribution in [2.24, 2.45) is 0 Å². The Hall–Kier alpha value is -2.18. The van der Waals surface area contributed by atoms with E-state index in [1.165, 1.54) is 5.56 Å². The Bertz CT molecular complexity index is 835. The highest BCUT2D eigenvalue weighted by Gasteiger charge is 2.21. The fourth-order valence-corrected chi connectivity index (χ4v) is 3.67. The van der Waals surface area contributed by atoms with Gasteiger partial charge in [0.15, 0.2) is 0 Å². The monoisotopic (exact) mass is 341 g/mol. The van der Waals surface area contributed by atoms with Crippen molar-refractivity contribution in [3.05, 3.63) is 46.4 Å². The van der Waals surface area contributed by atoms with Crippen LogP contribution in [0.1, 0.15) is 36.8 Å². The van der Waals surface area contributed by atoms with Gasteiger partial charge in [-0.1, -0.05) is 0 Å². The lowest BCUT2D eigenvalue weighted by Crippen LogP contribution is -2.12. The zero-order valence-corrected chi connectivity index (χ0v) is 14.1. The van der Waals surface area contributed by atoms with Crippen molar-refractivity contribution >= 4 is 34.0 Å². The van der Waals surface area contributed by atoms with Crippen molar-refractivity contribution in [1.29, 1.82) is 0 Å². The van der Waals surface area contributed by atoms with E-state index in [1.54, 1.807) is 11.3 Å². The van der Waals surface area contributed by atoms with Crippen molar-refractivity contribution in [3.63, 3.8) is 0 Å². The number of H-pyrrole nitrogens is 1. The summed E-state index contributed by atoms with van der Waals surface area (Å²) in [5.74, 6) is 0.905. The molecular weight excluding hydrogens is 322 g/mol. The van der Waals surface area contributed by atoms with Crippen LogP contribution in [0, 0.1) is 0 Å². The van der Waals surface area contributed by atoms with Crippen LogP contribution >= 0.6 is 11.3 Å². The van der Waals surface area contributed by atoms with Crippen LogP contribution in [0.15, 0.2) is 35.0 Å². The highest BCUT2D eigenvalue weighted by Crippen LogP contribution is 2.28. The summed E-state index contributed by atoms with van der Waals surface area (Å²) in [6.45, 7) is 0.799. The van der Waals surface area contributed by atoms with Crippen LogP contribution < -0.4 is 5.32 Å². The first-order valence-corrected chi connectivity index (χ1v) is 9.14. The molecule has 1 atom stereocenters. The Balaban J connectivity index is 1.43. The average molecular weight is 341 g/mol. The lowest BCUT2D eigenvalue weighted by atomic mass is 10.2. The molecule has 3 heterocycles. The smallest absolute Gasteiger partial charge is 0.224 e. The average Bonchev–Trinajstić information content (AvgIpc) is 3.32. The number of aryl methyl sites for hydroxylation is 1. The van der Waals surface area contributed by atoms with Crippen LogP contribution in [0.25, 0.3) is 11.0 Å². The van der Waals surface area contributed by atoms with Crippen LogP contribution in [0.3, 0.4) is 0 Å². The molecule has 4 rings (SSSR count). The van der Waals surface area contributed by atoms with Crippen LogP contribution in [0.2, 0.25) is 0 Å². The van der Waals surface area contributed by atoms with E-state index in [1.807, 2.05) is 23.6 Å². The molecule has 1 aromatic carbocycles. The standard InChI is InChI=1S/C18H19N3O2S/c22-17(6-3-12-7-9-24-11-12)19-13-4-5-14-15(10-13)21-18(20-14)16-2-1-8-23-16/h4-5,7,9-11,16H,1-3,6,8H2,(H,19,22)(H,20,21)/t16-/m1/s1.